The van der Waals surface area contributed by atoms with E-state index >= 15 is 0 Å². The number of hydrogen-bond donors (Lipinski definition) is 0. The minimum Gasteiger partial charge on any atom is -0.342 e. The maximum atomic E-state index is 12.5. The standard InChI is InChI=1S/C16H18ClNO2/c17-14-7-5-11(6-8-14)15(19)13-2-1-9-18(10-13)16(20)12-3-4-12/h5-8,12-13H,1-4,9-10H2. The number of carbonyl (C=O) groups is 2. The molecular weight excluding hydrogens is 274 g/mol. The van der Waals surface area contributed by atoms with Crippen molar-refractivity contribution in [3.05, 3.63) is 34.9 Å². The van der Waals surface area contributed by atoms with Gasteiger partial charge in [0.1, 0.15) is 0 Å². The molecule has 1 amide bonds. The summed E-state index contributed by atoms with van der Waals surface area (Å²) in [4.78, 5) is 26.5. The fourth-order valence-corrected chi connectivity index (χ4v) is 2.96. The first-order valence-corrected chi connectivity index (χ1v) is 7.61. The van der Waals surface area contributed by atoms with Crippen LogP contribution in [0.2, 0.25) is 5.02 Å². The average Bonchev–Trinajstić information content (AvgIpc) is 3.31. The first-order chi connectivity index (χ1) is 9.65. The molecule has 3 rings (SSSR count). The second-order valence-corrected chi connectivity index (χ2v) is 6.21. The van der Waals surface area contributed by atoms with Crippen molar-refractivity contribution in [1.82, 2.24) is 4.90 Å². The van der Waals surface area contributed by atoms with Gasteiger partial charge in [-0.25, -0.2) is 0 Å². The normalized spacial score (nSPS) is 22.6. The summed E-state index contributed by atoms with van der Waals surface area (Å²) < 4.78 is 0. The van der Waals surface area contributed by atoms with E-state index in [4.69, 9.17) is 11.6 Å². The Labute approximate surface area is 123 Å². The molecule has 0 radical (unpaired) electrons. The summed E-state index contributed by atoms with van der Waals surface area (Å²) in [6.07, 6.45) is 3.83. The van der Waals surface area contributed by atoms with Gasteiger partial charge in [0.25, 0.3) is 0 Å². The number of ketones is 1. The van der Waals surface area contributed by atoms with Gasteiger partial charge in [-0.15, -0.1) is 0 Å². The van der Waals surface area contributed by atoms with Gasteiger partial charge in [0.15, 0.2) is 5.78 Å². The van der Waals surface area contributed by atoms with E-state index in [9.17, 15) is 9.59 Å². The van der Waals surface area contributed by atoms with Gasteiger partial charge in [-0.05, 0) is 49.9 Å². The largest absolute Gasteiger partial charge is 0.342 e. The van der Waals surface area contributed by atoms with Crippen molar-refractivity contribution in [2.75, 3.05) is 13.1 Å². The molecule has 1 saturated heterocycles. The van der Waals surface area contributed by atoms with E-state index < -0.39 is 0 Å². The second-order valence-electron chi connectivity index (χ2n) is 5.77. The van der Waals surface area contributed by atoms with Crippen LogP contribution in [-0.2, 0) is 4.79 Å². The Balaban J connectivity index is 1.68. The maximum absolute atomic E-state index is 12.5. The van der Waals surface area contributed by atoms with Gasteiger partial charge in [0, 0.05) is 35.5 Å². The molecule has 1 saturated carbocycles. The quantitative estimate of drug-likeness (QED) is 0.802. The molecule has 0 N–H and O–H groups in total. The summed E-state index contributed by atoms with van der Waals surface area (Å²) in [6, 6.07) is 7.02. The molecule has 1 heterocycles. The molecule has 1 aliphatic carbocycles. The highest BCUT2D eigenvalue weighted by Gasteiger charge is 2.36. The number of likely N-dealkylation sites (tertiary alicyclic amines) is 1. The smallest absolute Gasteiger partial charge is 0.225 e. The molecule has 1 aromatic carbocycles. The van der Waals surface area contributed by atoms with Crippen LogP contribution in [0, 0.1) is 11.8 Å². The first-order valence-electron chi connectivity index (χ1n) is 7.24. The molecule has 2 fully saturated rings. The van der Waals surface area contributed by atoms with Crippen LogP contribution in [0.4, 0.5) is 0 Å². The number of benzene rings is 1. The molecule has 0 bridgehead atoms. The summed E-state index contributed by atoms with van der Waals surface area (Å²) in [5, 5.41) is 0.635. The molecule has 0 aromatic heterocycles. The Morgan fingerprint density at radius 1 is 1.05 bits per heavy atom. The molecule has 1 atom stereocenters. The van der Waals surface area contributed by atoms with Crippen molar-refractivity contribution < 1.29 is 9.59 Å². The van der Waals surface area contributed by atoms with E-state index in [1.54, 1.807) is 24.3 Å². The lowest BCUT2D eigenvalue weighted by Crippen LogP contribution is -2.43. The van der Waals surface area contributed by atoms with E-state index in [1.165, 1.54) is 0 Å². The lowest BCUT2D eigenvalue weighted by molar-refractivity contribution is -0.133. The van der Waals surface area contributed by atoms with Crippen LogP contribution in [-0.4, -0.2) is 29.7 Å². The third-order valence-corrected chi connectivity index (χ3v) is 4.41. The van der Waals surface area contributed by atoms with Crippen LogP contribution in [0.5, 0.6) is 0 Å². The van der Waals surface area contributed by atoms with Crippen LogP contribution in [0.15, 0.2) is 24.3 Å². The topological polar surface area (TPSA) is 37.4 Å². The molecule has 4 heteroatoms. The molecule has 1 aromatic rings. The van der Waals surface area contributed by atoms with Gasteiger partial charge in [0.2, 0.25) is 5.91 Å². The average molecular weight is 292 g/mol. The number of amides is 1. The third-order valence-electron chi connectivity index (χ3n) is 4.16. The van der Waals surface area contributed by atoms with Gasteiger partial charge in [-0.3, -0.25) is 9.59 Å². The number of rotatable bonds is 3. The fourth-order valence-electron chi connectivity index (χ4n) is 2.83. The number of nitrogens with zero attached hydrogens (tertiary/aromatic N) is 1. The summed E-state index contributed by atoms with van der Waals surface area (Å²) in [7, 11) is 0. The van der Waals surface area contributed by atoms with Gasteiger partial charge < -0.3 is 4.90 Å². The van der Waals surface area contributed by atoms with Gasteiger partial charge >= 0.3 is 0 Å². The highest BCUT2D eigenvalue weighted by atomic mass is 35.5. The summed E-state index contributed by atoms with van der Waals surface area (Å²) in [6.45, 7) is 1.39. The van der Waals surface area contributed by atoms with Crippen LogP contribution in [0.1, 0.15) is 36.0 Å². The van der Waals surface area contributed by atoms with E-state index in [-0.39, 0.29) is 23.5 Å². The predicted octanol–water partition coefficient (Wildman–Crippen LogP) is 3.17. The van der Waals surface area contributed by atoms with E-state index in [2.05, 4.69) is 0 Å². The Bertz CT molecular complexity index is 522. The van der Waals surface area contributed by atoms with Crippen LogP contribution < -0.4 is 0 Å². The van der Waals surface area contributed by atoms with Crippen LogP contribution in [0.3, 0.4) is 0 Å². The lowest BCUT2D eigenvalue weighted by atomic mass is 9.90. The maximum Gasteiger partial charge on any atom is 0.225 e. The molecule has 0 spiro atoms. The summed E-state index contributed by atoms with van der Waals surface area (Å²) in [5.41, 5.74) is 0.695. The zero-order chi connectivity index (χ0) is 14.1. The number of piperidine rings is 1. The van der Waals surface area contributed by atoms with Gasteiger partial charge in [-0.1, -0.05) is 11.6 Å². The SMILES string of the molecule is O=C(c1ccc(Cl)cc1)C1CCCN(C(=O)C2CC2)C1. The molecule has 1 aliphatic heterocycles. The highest BCUT2D eigenvalue weighted by Crippen LogP contribution is 2.33. The van der Waals surface area contributed by atoms with Crippen molar-refractivity contribution in [1.29, 1.82) is 0 Å². The Morgan fingerprint density at radius 2 is 1.75 bits per heavy atom. The molecule has 1 unspecified atom stereocenters. The van der Waals surface area contributed by atoms with Crippen LogP contribution >= 0.6 is 11.6 Å². The number of hydrogen-bond acceptors (Lipinski definition) is 2. The molecular formula is C16H18ClNO2. The zero-order valence-electron chi connectivity index (χ0n) is 11.3. The predicted molar refractivity (Wildman–Crippen MR) is 77.8 cm³/mol. The van der Waals surface area contributed by atoms with Gasteiger partial charge in [-0.2, -0.15) is 0 Å². The number of carbonyl (C=O) groups excluding carboxylic acids is 2. The summed E-state index contributed by atoms with van der Waals surface area (Å²) >= 11 is 5.84. The minimum absolute atomic E-state index is 0.0624. The molecule has 106 valence electrons. The van der Waals surface area contributed by atoms with Crippen LogP contribution in [0.25, 0.3) is 0 Å². The van der Waals surface area contributed by atoms with Crippen molar-refractivity contribution in [2.24, 2.45) is 11.8 Å². The Kier molecular flexibility index (Phi) is 3.79. The molecule has 3 nitrogen and oxygen atoms in total. The van der Waals surface area contributed by atoms with E-state index in [1.807, 2.05) is 4.90 Å². The Morgan fingerprint density at radius 3 is 2.40 bits per heavy atom. The lowest BCUT2D eigenvalue weighted by Gasteiger charge is -2.32. The molecule has 20 heavy (non-hydrogen) atoms. The third kappa shape index (κ3) is 2.88. The summed E-state index contributed by atoms with van der Waals surface area (Å²) in [5.74, 6) is 0.556. The first kappa shape index (κ1) is 13.6. The van der Waals surface area contributed by atoms with Crippen molar-refractivity contribution in [3.63, 3.8) is 0 Å². The Hall–Kier alpha value is -1.35. The monoisotopic (exact) mass is 291 g/mol. The number of Topliss-reactive ketones (excluding diaryl/α,β-unsaturated/α-hetero) is 1. The second kappa shape index (κ2) is 5.57. The zero-order valence-corrected chi connectivity index (χ0v) is 12.1. The van der Waals surface area contributed by atoms with Crippen molar-refractivity contribution in [2.45, 2.75) is 25.7 Å². The fraction of sp³-hybridized carbons (Fsp3) is 0.500. The highest BCUT2D eigenvalue weighted by molar-refractivity contribution is 6.30. The van der Waals surface area contributed by atoms with Crippen molar-refractivity contribution in [3.8, 4) is 0 Å². The van der Waals surface area contributed by atoms with E-state index in [0.29, 0.717) is 17.1 Å². The number of halogens is 1. The molecule has 2 aliphatic rings. The minimum atomic E-state index is -0.0624. The van der Waals surface area contributed by atoms with Gasteiger partial charge in [0.05, 0.1) is 0 Å². The van der Waals surface area contributed by atoms with E-state index in [0.717, 1.165) is 32.2 Å². The van der Waals surface area contributed by atoms with Crippen molar-refractivity contribution >= 4 is 23.3 Å².